The normalized spacial score (nSPS) is 10.9. The van der Waals surface area contributed by atoms with E-state index in [0.29, 0.717) is 36.7 Å². The van der Waals surface area contributed by atoms with Crippen LogP contribution in [0, 0.1) is 5.82 Å². The Bertz CT molecular complexity index is 936. The van der Waals surface area contributed by atoms with Gasteiger partial charge in [-0.25, -0.2) is 14.2 Å². The molecule has 5 nitrogen and oxygen atoms in total. The van der Waals surface area contributed by atoms with Gasteiger partial charge in [0.1, 0.15) is 11.6 Å². The van der Waals surface area contributed by atoms with Crippen molar-refractivity contribution in [2.24, 2.45) is 0 Å². The van der Waals surface area contributed by atoms with E-state index in [9.17, 15) is 9.18 Å². The second-order valence-electron chi connectivity index (χ2n) is 6.99. The number of carbonyl (C=O) groups is 1. The molecule has 2 aromatic carbocycles. The van der Waals surface area contributed by atoms with E-state index in [1.165, 1.54) is 6.07 Å². The van der Waals surface area contributed by atoms with Crippen molar-refractivity contribution < 1.29 is 9.18 Å². The SMILES string of the molecule is CC(C)c1nccn1Cc1cccc(NC(=O)NCCc2ccccc2F)c1. The van der Waals surface area contributed by atoms with E-state index >= 15 is 0 Å². The number of rotatable bonds is 7. The van der Waals surface area contributed by atoms with Crippen LogP contribution in [0.25, 0.3) is 0 Å². The molecule has 0 aliphatic rings. The number of halogens is 1. The fourth-order valence-electron chi connectivity index (χ4n) is 3.09. The number of hydrogen-bond acceptors (Lipinski definition) is 2. The van der Waals surface area contributed by atoms with Gasteiger partial charge in [0.25, 0.3) is 0 Å². The van der Waals surface area contributed by atoms with E-state index in [2.05, 4.69) is 34.0 Å². The van der Waals surface area contributed by atoms with Crippen molar-refractivity contribution in [2.45, 2.75) is 32.7 Å². The van der Waals surface area contributed by atoms with Crippen molar-refractivity contribution in [2.75, 3.05) is 11.9 Å². The van der Waals surface area contributed by atoms with Crippen LogP contribution in [0.2, 0.25) is 0 Å². The standard InChI is InChI=1S/C22H25FN4O/c1-16(2)21-24-12-13-27(21)15-17-6-5-8-19(14-17)26-22(28)25-11-10-18-7-3-4-9-20(18)23/h3-9,12-14,16H,10-11,15H2,1-2H3,(H2,25,26,28). The highest BCUT2D eigenvalue weighted by molar-refractivity contribution is 5.89. The quantitative estimate of drug-likeness (QED) is 0.631. The first-order valence-corrected chi connectivity index (χ1v) is 9.41. The molecule has 146 valence electrons. The summed E-state index contributed by atoms with van der Waals surface area (Å²) < 4.78 is 15.7. The molecule has 0 aliphatic heterocycles. The lowest BCUT2D eigenvalue weighted by Gasteiger charge is -2.12. The first kappa shape index (κ1) is 19.6. The third kappa shape index (κ3) is 5.19. The number of aromatic nitrogens is 2. The van der Waals surface area contributed by atoms with Crippen LogP contribution >= 0.6 is 0 Å². The minimum atomic E-state index is -0.306. The van der Waals surface area contributed by atoms with E-state index in [1.807, 2.05) is 30.5 Å². The monoisotopic (exact) mass is 380 g/mol. The first-order valence-electron chi connectivity index (χ1n) is 9.41. The highest BCUT2D eigenvalue weighted by Gasteiger charge is 2.08. The van der Waals surface area contributed by atoms with Gasteiger partial charge >= 0.3 is 6.03 Å². The molecule has 0 spiro atoms. The molecule has 0 bridgehead atoms. The zero-order valence-electron chi connectivity index (χ0n) is 16.2. The molecule has 0 unspecified atom stereocenters. The van der Waals surface area contributed by atoms with Crippen molar-refractivity contribution in [1.82, 2.24) is 14.9 Å². The molecule has 0 fully saturated rings. The van der Waals surface area contributed by atoms with Crippen LogP contribution in [0.3, 0.4) is 0 Å². The number of amides is 2. The lowest BCUT2D eigenvalue weighted by Crippen LogP contribution is -2.30. The van der Waals surface area contributed by atoms with Crippen molar-refractivity contribution in [3.63, 3.8) is 0 Å². The number of nitrogens with zero attached hydrogens (tertiary/aromatic N) is 2. The summed E-state index contributed by atoms with van der Waals surface area (Å²) in [6.07, 6.45) is 4.21. The van der Waals surface area contributed by atoms with Gasteiger partial charge in [-0.1, -0.05) is 44.2 Å². The summed E-state index contributed by atoms with van der Waals surface area (Å²) in [5, 5.41) is 5.60. The summed E-state index contributed by atoms with van der Waals surface area (Å²) in [6.45, 7) is 5.28. The van der Waals surface area contributed by atoms with Crippen molar-refractivity contribution in [3.05, 3.63) is 83.7 Å². The Kier molecular flexibility index (Phi) is 6.42. The lowest BCUT2D eigenvalue weighted by molar-refractivity contribution is 0.252. The number of anilines is 1. The zero-order valence-corrected chi connectivity index (χ0v) is 16.2. The van der Waals surface area contributed by atoms with E-state index in [4.69, 9.17) is 0 Å². The van der Waals surface area contributed by atoms with Gasteiger partial charge in [-0.3, -0.25) is 0 Å². The average molecular weight is 380 g/mol. The molecule has 0 radical (unpaired) electrons. The summed E-state index contributed by atoms with van der Waals surface area (Å²) in [6, 6.07) is 14.0. The maximum Gasteiger partial charge on any atom is 0.319 e. The van der Waals surface area contributed by atoms with E-state index in [0.717, 1.165) is 11.4 Å². The largest absolute Gasteiger partial charge is 0.338 e. The zero-order chi connectivity index (χ0) is 19.9. The van der Waals surface area contributed by atoms with Gasteiger partial charge in [-0.15, -0.1) is 0 Å². The molecule has 0 saturated heterocycles. The van der Waals surface area contributed by atoms with Crippen LogP contribution in [-0.4, -0.2) is 22.1 Å². The minimum Gasteiger partial charge on any atom is -0.338 e. The Balaban J connectivity index is 1.54. The summed E-state index contributed by atoms with van der Waals surface area (Å²) in [5.74, 6) is 1.12. The smallest absolute Gasteiger partial charge is 0.319 e. The van der Waals surface area contributed by atoms with Gasteiger partial charge < -0.3 is 15.2 Å². The van der Waals surface area contributed by atoms with Gasteiger partial charge in [0.05, 0.1) is 0 Å². The Labute approximate surface area is 164 Å². The molecule has 2 amide bonds. The molecule has 3 aromatic rings. The number of carbonyl (C=O) groups excluding carboxylic acids is 1. The maximum atomic E-state index is 13.6. The summed E-state index contributed by atoms with van der Waals surface area (Å²) in [7, 11) is 0. The molecule has 0 atom stereocenters. The summed E-state index contributed by atoms with van der Waals surface area (Å²) >= 11 is 0. The van der Waals surface area contributed by atoms with Crippen LogP contribution < -0.4 is 10.6 Å². The maximum absolute atomic E-state index is 13.6. The minimum absolute atomic E-state index is 0.252. The fraction of sp³-hybridized carbons (Fsp3) is 0.273. The predicted molar refractivity (Wildman–Crippen MR) is 109 cm³/mol. The van der Waals surface area contributed by atoms with Crippen LogP contribution in [-0.2, 0) is 13.0 Å². The van der Waals surface area contributed by atoms with Crippen molar-refractivity contribution in [3.8, 4) is 0 Å². The van der Waals surface area contributed by atoms with Gasteiger partial charge in [0, 0.05) is 37.1 Å². The van der Waals surface area contributed by atoms with Crippen molar-refractivity contribution in [1.29, 1.82) is 0 Å². The van der Waals surface area contributed by atoms with E-state index in [-0.39, 0.29) is 11.8 Å². The van der Waals surface area contributed by atoms with Gasteiger partial charge in [-0.2, -0.15) is 0 Å². The number of benzene rings is 2. The van der Waals surface area contributed by atoms with Crippen LogP contribution in [0.15, 0.2) is 60.9 Å². The highest BCUT2D eigenvalue weighted by Crippen LogP contribution is 2.16. The Morgan fingerprint density at radius 1 is 1.18 bits per heavy atom. The molecule has 6 heteroatoms. The Morgan fingerprint density at radius 2 is 2.00 bits per heavy atom. The average Bonchev–Trinajstić information content (AvgIpc) is 3.12. The molecule has 1 aromatic heterocycles. The van der Waals surface area contributed by atoms with Crippen LogP contribution in [0.5, 0.6) is 0 Å². The second-order valence-corrected chi connectivity index (χ2v) is 6.99. The fourth-order valence-corrected chi connectivity index (χ4v) is 3.09. The molecule has 0 aliphatic carbocycles. The third-order valence-corrected chi connectivity index (χ3v) is 4.44. The van der Waals surface area contributed by atoms with Crippen molar-refractivity contribution >= 4 is 11.7 Å². The lowest BCUT2D eigenvalue weighted by atomic mass is 10.1. The highest BCUT2D eigenvalue weighted by atomic mass is 19.1. The third-order valence-electron chi connectivity index (χ3n) is 4.44. The van der Waals surface area contributed by atoms with E-state index < -0.39 is 0 Å². The molecule has 0 saturated carbocycles. The molecular formula is C22H25FN4O. The molecule has 3 rings (SSSR count). The molecule has 28 heavy (non-hydrogen) atoms. The number of urea groups is 1. The Hall–Kier alpha value is -3.15. The van der Waals surface area contributed by atoms with Gasteiger partial charge in [-0.05, 0) is 35.7 Å². The molecule has 1 heterocycles. The van der Waals surface area contributed by atoms with Crippen LogP contribution in [0.4, 0.5) is 14.9 Å². The van der Waals surface area contributed by atoms with Gasteiger partial charge in [0.15, 0.2) is 0 Å². The summed E-state index contributed by atoms with van der Waals surface area (Å²) in [5.41, 5.74) is 2.38. The number of imidazole rings is 1. The second kappa shape index (κ2) is 9.17. The first-order chi connectivity index (χ1) is 13.5. The topological polar surface area (TPSA) is 59.0 Å². The predicted octanol–water partition coefficient (Wildman–Crippen LogP) is 4.56. The number of hydrogen-bond donors (Lipinski definition) is 2. The number of nitrogens with one attached hydrogen (secondary N) is 2. The molecular weight excluding hydrogens is 355 g/mol. The van der Waals surface area contributed by atoms with Crippen LogP contribution in [0.1, 0.15) is 36.7 Å². The van der Waals surface area contributed by atoms with Gasteiger partial charge in [0.2, 0.25) is 0 Å². The Morgan fingerprint density at radius 3 is 2.79 bits per heavy atom. The summed E-state index contributed by atoms with van der Waals surface area (Å²) in [4.78, 5) is 16.5. The molecule has 2 N–H and O–H groups in total. The van der Waals surface area contributed by atoms with E-state index in [1.54, 1.807) is 24.4 Å².